The van der Waals surface area contributed by atoms with Gasteiger partial charge in [-0.3, -0.25) is 14.7 Å². The Labute approximate surface area is 194 Å². The molecular weight excluding hydrogens is 436 g/mol. The van der Waals surface area contributed by atoms with Crippen molar-refractivity contribution in [2.75, 3.05) is 16.8 Å². The Morgan fingerprint density at radius 1 is 1.24 bits per heavy atom. The molecule has 0 unspecified atom stereocenters. The van der Waals surface area contributed by atoms with E-state index in [0.29, 0.717) is 17.1 Å². The molecule has 1 saturated heterocycles. The third-order valence-electron chi connectivity index (χ3n) is 6.00. The van der Waals surface area contributed by atoms with Crippen molar-refractivity contribution in [1.82, 2.24) is 34.9 Å². The molecule has 0 bridgehead atoms. The highest BCUT2D eigenvalue weighted by Gasteiger charge is 2.31. The summed E-state index contributed by atoms with van der Waals surface area (Å²) in [5.74, 6) is 0.00388. The lowest BCUT2D eigenvalue weighted by Gasteiger charge is -2.40. The van der Waals surface area contributed by atoms with Crippen molar-refractivity contribution in [3.05, 3.63) is 60.6 Å². The number of nitrogens with zero attached hydrogens (tertiary/aromatic N) is 6. The molecule has 12 nitrogen and oxygen atoms in total. The third-order valence-corrected chi connectivity index (χ3v) is 6.00. The number of hydrogen-bond acceptors (Lipinski definition) is 8. The Morgan fingerprint density at radius 3 is 2.91 bits per heavy atom. The minimum Gasteiger partial charge on any atom is -0.364 e. The number of hydrogen-bond donors (Lipinski definition) is 4. The van der Waals surface area contributed by atoms with Crippen LogP contribution in [0.3, 0.4) is 0 Å². The molecule has 1 fully saturated rings. The van der Waals surface area contributed by atoms with Gasteiger partial charge in [0.05, 0.1) is 23.6 Å². The highest BCUT2D eigenvalue weighted by Crippen LogP contribution is 2.26. The van der Waals surface area contributed by atoms with Crippen molar-refractivity contribution in [3.8, 4) is 0 Å². The van der Waals surface area contributed by atoms with Crippen LogP contribution in [0.5, 0.6) is 0 Å². The molecule has 1 aliphatic rings. The van der Waals surface area contributed by atoms with E-state index in [1.54, 1.807) is 37.1 Å². The van der Waals surface area contributed by atoms with Crippen molar-refractivity contribution in [3.63, 3.8) is 0 Å². The molecule has 2 atom stereocenters. The van der Waals surface area contributed by atoms with Gasteiger partial charge in [-0.15, -0.1) is 0 Å². The molecule has 34 heavy (non-hydrogen) atoms. The van der Waals surface area contributed by atoms with Gasteiger partial charge in [0, 0.05) is 43.4 Å². The summed E-state index contributed by atoms with van der Waals surface area (Å²) in [4.78, 5) is 40.0. The minimum absolute atomic E-state index is 0.0364. The SMILES string of the molecule is C[C@@H]1[C@H](NC(=O)c2ccc3nccn3c2)CCCN1c1cnc(C(N)=O)c(Nc2cn[nH]c2)n1. The van der Waals surface area contributed by atoms with Gasteiger partial charge in [-0.2, -0.15) is 5.10 Å². The number of amides is 2. The first-order valence-corrected chi connectivity index (χ1v) is 10.9. The van der Waals surface area contributed by atoms with Crippen LogP contribution in [0.4, 0.5) is 17.3 Å². The van der Waals surface area contributed by atoms with Crippen molar-refractivity contribution >= 4 is 34.8 Å². The zero-order chi connectivity index (χ0) is 23.7. The van der Waals surface area contributed by atoms with Crippen molar-refractivity contribution in [1.29, 1.82) is 0 Å². The van der Waals surface area contributed by atoms with Crippen molar-refractivity contribution < 1.29 is 9.59 Å². The molecule has 4 aromatic rings. The number of H-pyrrole nitrogens is 1. The predicted molar refractivity (Wildman–Crippen MR) is 125 cm³/mol. The molecule has 12 heteroatoms. The lowest BCUT2D eigenvalue weighted by atomic mass is 9.97. The average molecular weight is 461 g/mol. The zero-order valence-corrected chi connectivity index (χ0v) is 18.5. The normalized spacial score (nSPS) is 18.1. The van der Waals surface area contributed by atoms with E-state index in [1.165, 1.54) is 6.20 Å². The molecule has 0 radical (unpaired) electrons. The first-order valence-electron chi connectivity index (χ1n) is 10.9. The van der Waals surface area contributed by atoms with Gasteiger partial charge in [0.2, 0.25) is 0 Å². The summed E-state index contributed by atoms with van der Waals surface area (Å²) < 4.78 is 1.82. The van der Waals surface area contributed by atoms with E-state index in [4.69, 9.17) is 5.73 Å². The molecule has 174 valence electrons. The molecule has 5 N–H and O–H groups in total. The smallest absolute Gasteiger partial charge is 0.271 e. The van der Waals surface area contributed by atoms with Gasteiger partial charge in [0.15, 0.2) is 11.5 Å². The number of fused-ring (bicyclic) bond motifs is 1. The fourth-order valence-electron chi connectivity index (χ4n) is 4.21. The van der Waals surface area contributed by atoms with Gasteiger partial charge >= 0.3 is 0 Å². The summed E-state index contributed by atoms with van der Waals surface area (Å²) in [5, 5.41) is 12.8. The van der Waals surface area contributed by atoms with Gasteiger partial charge in [-0.05, 0) is 31.9 Å². The molecule has 0 spiro atoms. The largest absolute Gasteiger partial charge is 0.364 e. The third kappa shape index (κ3) is 4.12. The summed E-state index contributed by atoms with van der Waals surface area (Å²) >= 11 is 0. The predicted octanol–water partition coefficient (Wildman–Crippen LogP) is 1.48. The monoisotopic (exact) mass is 460 g/mol. The molecule has 5 rings (SSSR count). The summed E-state index contributed by atoms with van der Waals surface area (Å²) in [5.41, 5.74) is 7.50. The quantitative estimate of drug-likeness (QED) is 0.337. The molecule has 0 aliphatic carbocycles. The van der Waals surface area contributed by atoms with E-state index in [0.717, 1.165) is 25.0 Å². The topological polar surface area (TPSA) is 159 Å². The summed E-state index contributed by atoms with van der Waals surface area (Å²) in [7, 11) is 0. The Hall–Kier alpha value is -4.48. The molecular formula is C22H24N10O2. The van der Waals surface area contributed by atoms with Crippen molar-refractivity contribution in [2.24, 2.45) is 5.73 Å². The number of primary amides is 1. The number of pyridine rings is 1. The first kappa shape index (κ1) is 21.4. The average Bonchev–Trinajstić information content (AvgIpc) is 3.51. The van der Waals surface area contributed by atoms with Crippen LogP contribution < -0.4 is 21.3 Å². The van der Waals surface area contributed by atoms with E-state index in [1.807, 2.05) is 17.4 Å². The molecule has 5 heterocycles. The molecule has 0 saturated carbocycles. The lowest BCUT2D eigenvalue weighted by Crippen LogP contribution is -2.54. The number of carbonyl (C=O) groups excluding carboxylic acids is 2. The second-order valence-corrected chi connectivity index (χ2v) is 8.17. The van der Waals surface area contributed by atoms with Crippen LogP contribution in [0.2, 0.25) is 0 Å². The standard InChI is InChI=1S/C22H24N10O2/c1-13-16(29-22(34)14-4-5-17-24-6-8-31(17)12-14)3-2-7-32(13)18-11-25-19(20(23)33)21(30-18)28-15-9-26-27-10-15/h4-6,8-13,16H,2-3,7H2,1H3,(H2,23,33)(H,26,27)(H,28,30)(H,29,34)/t13-,16-/m1/s1. The second-order valence-electron chi connectivity index (χ2n) is 8.17. The van der Waals surface area contributed by atoms with Crippen LogP contribution in [-0.4, -0.2) is 60.0 Å². The lowest BCUT2D eigenvalue weighted by molar-refractivity contribution is 0.0923. The van der Waals surface area contributed by atoms with Crippen LogP contribution in [-0.2, 0) is 0 Å². The fraction of sp³-hybridized carbons (Fsp3) is 0.273. The maximum Gasteiger partial charge on any atom is 0.271 e. The van der Waals surface area contributed by atoms with E-state index < -0.39 is 5.91 Å². The van der Waals surface area contributed by atoms with Crippen LogP contribution in [0.15, 0.2) is 49.3 Å². The number of aromatic nitrogens is 6. The first-order chi connectivity index (χ1) is 16.5. The second kappa shape index (κ2) is 8.81. The number of imidazole rings is 1. The molecule has 4 aromatic heterocycles. The summed E-state index contributed by atoms with van der Waals surface area (Å²) in [6.07, 6.45) is 11.7. The number of aromatic amines is 1. The number of piperidine rings is 1. The number of nitrogens with one attached hydrogen (secondary N) is 3. The van der Waals surface area contributed by atoms with Gasteiger partial charge in [0.25, 0.3) is 11.8 Å². The molecule has 1 aliphatic heterocycles. The number of nitrogens with two attached hydrogens (primary N) is 1. The highest BCUT2D eigenvalue weighted by molar-refractivity contribution is 5.96. The van der Waals surface area contributed by atoms with E-state index in [-0.39, 0.29) is 29.5 Å². The maximum absolute atomic E-state index is 13.0. The number of carbonyl (C=O) groups is 2. The number of rotatable bonds is 6. The van der Waals surface area contributed by atoms with Crippen LogP contribution in [0, 0.1) is 0 Å². The molecule has 0 aromatic carbocycles. The van der Waals surface area contributed by atoms with Gasteiger partial charge < -0.3 is 25.7 Å². The maximum atomic E-state index is 13.0. The van der Waals surface area contributed by atoms with Gasteiger partial charge in [-0.25, -0.2) is 15.0 Å². The summed E-state index contributed by atoms with van der Waals surface area (Å²) in [6, 6.07) is 3.44. The van der Waals surface area contributed by atoms with Crippen LogP contribution in [0.1, 0.15) is 40.6 Å². The molecule has 2 amide bonds. The van der Waals surface area contributed by atoms with Crippen LogP contribution >= 0.6 is 0 Å². The van der Waals surface area contributed by atoms with E-state index in [2.05, 4.69) is 40.7 Å². The van der Waals surface area contributed by atoms with Gasteiger partial charge in [-0.1, -0.05) is 0 Å². The van der Waals surface area contributed by atoms with Crippen LogP contribution in [0.25, 0.3) is 5.65 Å². The Morgan fingerprint density at radius 2 is 2.12 bits per heavy atom. The van der Waals surface area contributed by atoms with E-state index in [9.17, 15) is 9.59 Å². The highest BCUT2D eigenvalue weighted by atomic mass is 16.2. The van der Waals surface area contributed by atoms with E-state index >= 15 is 0 Å². The Bertz CT molecular complexity index is 1330. The summed E-state index contributed by atoms with van der Waals surface area (Å²) in [6.45, 7) is 2.78. The number of anilines is 3. The zero-order valence-electron chi connectivity index (χ0n) is 18.5. The Kier molecular flexibility index (Phi) is 5.54. The fourth-order valence-corrected chi connectivity index (χ4v) is 4.21. The van der Waals surface area contributed by atoms with Gasteiger partial charge in [0.1, 0.15) is 11.5 Å². The minimum atomic E-state index is -0.684. The Balaban J connectivity index is 1.35. The van der Waals surface area contributed by atoms with Crippen molar-refractivity contribution in [2.45, 2.75) is 31.8 Å².